The monoisotopic (exact) mass is 322 g/mol. The van der Waals surface area contributed by atoms with Gasteiger partial charge in [-0.1, -0.05) is 0 Å². The van der Waals surface area contributed by atoms with Crippen LogP contribution >= 0.6 is 0 Å². The zero-order valence-corrected chi connectivity index (χ0v) is 13.4. The standard InChI is InChI=1S/C17H23FN2O3/c1-2-22-8-7-20-6-5-14-9-15(3-4-16(14)17(20)21)23-12-13(10-18)11-19/h3-4,9-10H,2,5-8,11-12,19H2,1H3/b13-10-. The number of amides is 1. The summed E-state index contributed by atoms with van der Waals surface area (Å²) in [5.41, 5.74) is 7.43. The largest absolute Gasteiger partial charge is 0.489 e. The minimum atomic E-state index is 0.0174. The van der Waals surface area contributed by atoms with E-state index >= 15 is 0 Å². The Bertz CT molecular complexity index is 575. The van der Waals surface area contributed by atoms with Crippen molar-refractivity contribution >= 4 is 5.91 Å². The van der Waals surface area contributed by atoms with Crippen LogP contribution in [-0.2, 0) is 11.2 Å². The smallest absolute Gasteiger partial charge is 0.254 e. The van der Waals surface area contributed by atoms with E-state index in [2.05, 4.69) is 0 Å². The first kappa shape index (κ1) is 17.4. The lowest BCUT2D eigenvalue weighted by atomic mass is 9.98. The molecule has 5 nitrogen and oxygen atoms in total. The van der Waals surface area contributed by atoms with Crippen molar-refractivity contribution < 1.29 is 18.7 Å². The number of fused-ring (bicyclic) bond motifs is 1. The highest BCUT2D eigenvalue weighted by molar-refractivity contribution is 5.96. The Morgan fingerprint density at radius 3 is 3.00 bits per heavy atom. The Morgan fingerprint density at radius 2 is 2.30 bits per heavy atom. The molecular formula is C17H23FN2O3. The Labute approximate surface area is 135 Å². The molecule has 0 saturated carbocycles. The molecule has 6 heteroatoms. The van der Waals surface area contributed by atoms with Crippen LogP contribution in [-0.4, -0.2) is 50.3 Å². The molecule has 0 aliphatic carbocycles. The molecular weight excluding hydrogens is 299 g/mol. The predicted octanol–water partition coefficient (Wildman–Crippen LogP) is 1.91. The highest BCUT2D eigenvalue weighted by atomic mass is 19.1. The van der Waals surface area contributed by atoms with Crippen LogP contribution in [0.1, 0.15) is 22.8 Å². The van der Waals surface area contributed by atoms with E-state index in [1.807, 2.05) is 13.0 Å². The van der Waals surface area contributed by atoms with Gasteiger partial charge in [0.05, 0.1) is 12.9 Å². The molecule has 1 aliphatic rings. The SMILES string of the molecule is CCOCCN1CCc2cc(OC/C(=C\F)CN)ccc2C1=O. The molecule has 1 aromatic carbocycles. The summed E-state index contributed by atoms with van der Waals surface area (Å²) >= 11 is 0. The van der Waals surface area contributed by atoms with Gasteiger partial charge in [-0.05, 0) is 37.1 Å². The second-order valence-electron chi connectivity index (χ2n) is 5.32. The van der Waals surface area contributed by atoms with E-state index in [0.717, 1.165) is 12.0 Å². The number of halogens is 1. The van der Waals surface area contributed by atoms with Crippen molar-refractivity contribution in [1.29, 1.82) is 0 Å². The van der Waals surface area contributed by atoms with Gasteiger partial charge in [-0.25, -0.2) is 4.39 Å². The maximum Gasteiger partial charge on any atom is 0.254 e. The van der Waals surface area contributed by atoms with Gasteiger partial charge in [-0.3, -0.25) is 4.79 Å². The normalized spacial score (nSPS) is 14.8. The van der Waals surface area contributed by atoms with E-state index in [-0.39, 0.29) is 19.1 Å². The maximum atomic E-state index is 12.5. The lowest BCUT2D eigenvalue weighted by molar-refractivity contribution is 0.0641. The van der Waals surface area contributed by atoms with Crippen LogP contribution in [0.5, 0.6) is 5.75 Å². The van der Waals surface area contributed by atoms with Gasteiger partial charge >= 0.3 is 0 Å². The third kappa shape index (κ3) is 4.53. The van der Waals surface area contributed by atoms with Crippen LogP contribution in [0.15, 0.2) is 30.1 Å². The summed E-state index contributed by atoms with van der Waals surface area (Å²) in [6.07, 6.45) is 1.24. The van der Waals surface area contributed by atoms with Crippen LogP contribution in [0.3, 0.4) is 0 Å². The molecule has 0 saturated heterocycles. The Kier molecular flexibility index (Phi) is 6.55. The molecule has 0 fully saturated rings. The van der Waals surface area contributed by atoms with Gasteiger partial charge in [0, 0.05) is 37.4 Å². The third-order valence-electron chi connectivity index (χ3n) is 3.80. The highest BCUT2D eigenvalue weighted by Gasteiger charge is 2.24. The molecule has 0 atom stereocenters. The van der Waals surface area contributed by atoms with Crippen molar-refractivity contribution in [3.8, 4) is 5.75 Å². The lowest BCUT2D eigenvalue weighted by Crippen LogP contribution is -2.39. The van der Waals surface area contributed by atoms with E-state index < -0.39 is 0 Å². The molecule has 2 N–H and O–H groups in total. The van der Waals surface area contributed by atoms with E-state index in [9.17, 15) is 9.18 Å². The summed E-state index contributed by atoms with van der Waals surface area (Å²) in [5, 5.41) is 0. The quantitative estimate of drug-likeness (QED) is 0.743. The van der Waals surface area contributed by atoms with Crippen LogP contribution in [0, 0.1) is 0 Å². The van der Waals surface area contributed by atoms with Gasteiger partial charge in [-0.15, -0.1) is 0 Å². The average Bonchev–Trinajstić information content (AvgIpc) is 2.58. The van der Waals surface area contributed by atoms with Crippen LogP contribution < -0.4 is 10.5 Å². The third-order valence-corrected chi connectivity index (χ3v) is 3.80. The maximum absolute atomic E-state index is 12.5. The van der Waals surface area contributed by atoms with E-state index in [0.29, 0.717) is 49.5 Å². The van der Waals surface area contributed by atoms with Crippen LogP contribution in [0.4, 0.5) is 4.39 Å². The van der Waals surface area contributed by atoms with Gasteiger partial charge in [0.25, 0.3) is 5.91 Å². The summed E-state index contributed by atoms with van der Waals surface area (Å²) in [7, 11) is 0. The molecule has 0 unspecified atom stereocenters. The number of hydrogen-bond acceptors (Lipinski definition) is 4. The first-order chi connectivity index (χ1) is 11.2. The minimum absolute atomic E-state index is 0.0174. The summed E-state index contributed by atoms with van der Waals surface area (Å²) in [5.74, 6) is 0.635. The molecule has 0 spiro atoms. The minimum Gasteiger partial charge on any atom is -0.489 e. The van der Waals surface area contributed by atoms with Gasteiger partial charge in [0.2, 0.25) is 0 Å². The molecule has 0 bridgehead atoms. The predicted molar refractivity (Wildman–Crippen MR) is 86.3 cm³/mol. The fourth-order valence-corrected chi connectivity index (χ4v) is 2.45. The summed E-state index contributed by atoms with van der Waals surface area (Å²) in [6.45, 7) is 4.64. The average molecular weight is 322 g/mol. The molecule has 0 aromatic heterocycles. The van der Waals surface area contributed by atoms with Gasteiger partial charge < -0.3 is 20.1 Å². The highest BCUT2D eigenvalue weighted by Crippen LogP contribution is 2.24. The van der Waals surface area contributed by atoms with Gasteiger partial charge in [-0.2, -0.15) is 0 Å². The Morgan fingerprint density at radius 1 is 1.48 bits per heavy atom. The number of hydrogen-bond donors (Lipinski definition) is 1. The molecule has 0 radical (unpaired) electrons. The van der Waals surface area contributed by atoms with Gasteiger partial charge in [0.15, 0.2) is 0 Å². The van der Waals surface area contributed by atoms with E-state index in [4.69, 9.17) is 15.2 Å². The molecule has 1 aliphatic heterocycles. The fraction of sp³-hybridized carbons (Fsp3) is 0.471. The number of benzene rings is 1. The molecule has 126 valence electrons. The van der Waals surface area contributed by atoms with Crippen LogP contribution in [0.2, 0.25) is 0 Å². The number of rotatable bonds is 8. The van der Waals surface area contributed by atoms with Crippen molar-refractivity contribution in [3.63, 3.8) is 0 Å². The molecule has 1 heterocycles. The molecule has 1 amide bonds. The zero-order chi connectivity index (χ0) is 16.7. The molecule has 2 rings (SSSR count). The van der Waals surface area contributed by atoms with Gasteiger partial charge in [0.1, 0.15) is 12.4 Å². The Hall–Kier alpha value is -1.92. The summed E-state index contributed by atoms with van der Waals surface area (Å²) in [4.78, 5) is 14.2. The fourth-order valence-electron chi connectivity index (χ4n) is 2.45. The van der Waals surface area contributed by atoms with Crippen molar-refractivity contribution in [3.05, 3.63) is 41.2 Å². The molecule has 23 heavy (non-hydrogen) atoms. The van der Waals surface area contributed by atoms with E-state index in [1.54, 1.807) is 17.0 Å². The number of ether oxygens (including phenoxy) is 2. The number of nitrogens with zero attached hydrogens (tertiary/aromatic N) is 1. The van der Waals surface area contributed by atoms with Crippen LogP contribution in [0.25, 0.3) is 0 Å². The first-order valence-electron chi connectivity index (χ1n) is 7.80. The second-order valence-corrected chi connectivity index (χ2v) is 5.32. The number of nitrogens with two attached hydrogens (primary N) is 1. The first-order valence-corrected chi connectivity index (χ1v) is 7.80. The number of carbonyl (C=O) groups is 1. The topological polar surface area (TPSA) is 64.8 Å². The molecule has 1 aromatic rings. The van der Waals surface area contributed by atoms with Crippen molar-refractivity contribution in [2.75, 3.05) is 39.5 Å². The van der Waals surface area contributed by atoms with Crippen molar-refractivity contribution in [1.82, 2.24) is 4.90 Å². The summed E-state index contributed by atoms with van der Waals surface area (Å²) in [6, 6.07) is 5.34. The lowest BCUT2D eigenvalue weighted by Gasteiger charge is -2.28. The zero-order valence-electron chi connectivity index (χ0n) is 13.4. The van der Waals surface area contributed by atoms with Crippen molar-refractivity contribution in [2.24, 2.45) is 5.73 Å². The number of carbonyl (C=O) groups excluding carboxylic acids is 1. The second kappa shape index (κ2) is 8.64. The van der Waals surface area contributed by atoms with E-state index in [1.165, 1.54) is 0 Å². The summed E-state index contributed by atoms with van der Waals surface area (Å²) < 4.78 is 23.3. The Balaban J connectivity index is 2.01. The van der Waals surface area contributed by atoms with Crippen molar-refractivity contribution in [2.45, 2.75) is 13.3 Å².